The third-order valence-corrected chi connectivity index (χ3v) is 3.64. The van der Waals surface area contributed by atoms with Crippen molar-refractivity contribution in [2.75, 3.05) is 24.7 Å². The van der Waals surface area contributed by atoms with E-state index in [2.05, 4.69) is 23.4 Å². The molecule has 2 N–H and O–H groups in total. The third-order valence-electron chi connectivity index (χ3n) is 2.71. The highest BCUT2D eigenvalue weighted by Gasteiger charge is 2.23. The second-order valence-corrected chi connectivity index (χ2v) is 6.53. The van der Waals surface area contributed by atoms with Gasteiger partial charge in [-0.05, 0) is 0 Å². The van der Waals surface area contributed by atoms with Gasteiger partial charge in [-0.15, -0.1) is 23.4 Å². The standard InChI is InChI=1S/C14H23N5OS/c1-6-8-18(9-7-2)11(20)10-21-13-17-16-12(19(13)15)14(3,4)5/h6-7H,1-2,8-10,15H2,3-5H3. The summed E-state index contributed by atoms with van der Waals surface area (Å²) < 4.78 is 1.45. The van der Waals surface area contributed by atoms with E-state index >= 15 is 0 Å². The number of rotatable bonds is 7. The van der Waals surface area contributed by atoms with Crippen LogP contribution in [0.25, 0.3) is 0 Å². The molecule has 1 heterocycles. The molecule has 21 heavy (non-hydrogen) atoms. The molecule has 0 saturated heterocycles. The highest BCUT2D eigenvalue weighted by atomic mass is 32.2. The molecule has 1 rings (SSSR count). The molecule has 0 saturated carbocycles. The predicted octanol–water partition coefficient (Wildman–Crippen LogP) is 1.58. The normalized spacial score (nSPS) is 11.2. The molecule has 0 aliphatic carbocycles. The van der Waals surface area contributed by atoms with Crippen LogP contribution in [0.1, 0.15) is 26.6 Å². The summed E-state index contributed by atoms with van der Waals surface area (Å²) in [5, 5.41) is 8.67. The van der Waals surface area contributed by atoms with Gasteiger partial charge in [0.2, 0.25) is 11.1 Å². The molecule has 0 aliphatic heterocycles. The molecular formula is C14H23N5OS. The Labute approximate surface area is 130 Å². The Bertz CT molecular complexity index is 508. The van der Waals surface area contributed by atoms with Crippen molar-refractivity contribution in [3.8, 4) is 0 Å². The van der Waals surface area contributed by atoms with Gasteiger partial charge >= 0.3 is 0 Å². The zero-order valence-electron chi connectivity index (χ0n) is 12.9. The minimum Gasteiger partial charge on any atom is -0.336 e. The number of amides is 1. The SMILES string of the molecule is C=CCN(CC=C)C(=O)CSc1nnc(C(C)(C)C)n1N. The van der Waals surface area contributed by atoms with Crippen LogP contribution in [-0.2, 0) is 10.2 Å². The highest BCUT2D eigenvalue weighted by Crippen LogP contribution is 2.23. The van der Waals surface area contributed by atoms with Crippen LogP contribution in [0.5, 0.6) is 0 Å². The van der Waals surface area contributed by atoms with E-state index in [0.717, 1.165) is 0 Å². The van der Waals surface area contributed by atoms with Crippen LogP contribution in [0.3, 0.4) is 0 Å². The van der Waals surface area contributed by atoms with Gasteiger partial charge in [0, 0.05) is 18.5 Å². The van der Waals surface area contributed by atoms with Crippen molar-refractivity contribution in [3.63, 3.8) is 0 Å². The maximum Gasteiger partial charge on any atom is 0.233 e. The van der Waals surface area contributed by atoms with Crippen molar-refractivity contribution in [2.45, 2.75) is 31.3 Å². The molecular weight excluding hydrogens is 286 g/mol. The van der Waals surface area contributed by atoms with Crippen LogP contribution >= 0.6 is 11.8 Å². The van der Waals surface area contributed by atoms with E-state index in [1.807, 2.05) is 20.8 Å². The van der Waals surface area contributed by atoms with Gasteiger partial charge in [0.05, 0.1) is 5.75 Å². The minimum atomic E-state index is -0.192. The molecule has 0 bridgehead atoms. The van der Waals surface area contributed by atoms with Crippen LogP contribution < -0.4 is 5.84 Å². The smallest absolute Gasteiger partial charge is 0.233 e. The Morgan fingerprint density at radius 2 is 1.90 bits per heavy atom. The molecule has 0 radical (unpaired) electrons. The molecule has 0 aromatic carbocycles. The summed E-state index contributed by atoms with van der Waals surface area (Å²) in [7, 11) is 0. The zero-order valence-corrected chi connectivity index (χ0v) is 13.7. The van der Waals surface area contributed by atoms with E-state index in [1.165, 1.54) is 16.4 Å². The van der Waals surface area contributed by atoms with Crippen LogP contribution in [0.4, 0.5) is 0 Å². The Kier molecular flexibility index (Phi) is 6.02. The number of carbonyl (C=O) groups excluding carboxylic acids is 1. The van der Waals surface area contributed by atoms with Crippen molar-refractivity contribution in [2.24, 2.45) is 0 Å². The van der Waals surface area contributed by atoms with E-state index in [1.54, 1.807) is 17.1 Å². The zero-order chi connectivity index (χ0) is 16.0. The third kappa shape index (κ3) is 4.63. The van der Waals surface area contributed by atoms with Gasteiger partial charge in [-0.25, -0.2) is 4.68 Å². The van der Waals surface area contributed by atoms with Crippen LogP contribution in [0.2, 0.25) is 0 Å². The fourth-order valence-corrected chi connectivity index (χ4v) is 2.45. The second kappa shape index (κ2) is 7.31. The lowest BCUT2D eigenvalue weighted by Crippen LogP contribution is -2.33. The molecule has 1 aromatic rings. The molecule has 6 nitrogen and oxygen atoms in total. The van der Waals surface area contributed by atoms with Crippen LogP contribution in [0.15, 0.2) is 30.5 Å². The summed E-state index contributed by atoms with van der Waals surface area (Å²) >= 11 is 1.28. The lowest BCUT2D eigenvalue weighted by molar-refractivity contribution is -0.127. The van der Waals surface area contributed by atoms with E-state index in [4.69, 9.17) is 5.84 Å². The molecule has 116 valence electrons. The summed E-state index contributed by atoms with van der Waals surface area (Å²) in [4.78, 5) is 13.8. The number of aromatic nitrogens is 3. The lowest BCUT2D eigenvalue weighted by Gasteiger charge is -2.19. The first-order valence-corrected chi connectivity index (χ1v) is 7.63. The van der Waals surface area contributed by atoms with Crippen molar-refractivity contribution in [1.29, 1.82) is 0 Å². The average molecular weight is 309 g/mol. The molecule has 7 heteroatoms. The minimum absolute atomic E-state index is 0.0138. The van der Waals surface area contributed by atoms with E-state index in [0.29, 0.717) is 24.1 Å². The number of carbonyl (C=O) groups is 1. The number of thioether (sulfide) groups is 1. The summed E-state index contributed by atoms with van der Waals surface area (Å²) in [5.74, 6) is 6.91. The average Bonchev–Trinajstić information content (AvgIpc) is 2.77. The van der Waals surface area contributed by atoms with Crippen molar-refractivity contribution < 1.29 is 4.79 Å². The van der Waals surface area contributed by atoms with Gasteiger partial charge in [0.1, 0.15) is 0 Å². The number of hydrogen-bond donors (Lipinski definition) is 1. The Balaban J connectivity index is 2.71. The fraction of sp³-hybridized carbons (Fsp3) is 0.500. The number of nitrogen functional groups attached to an aromatic ring is 1. The van der Waals surface area contributed by atoms with Gasteiger partial charge in [-0.2, -0.15) is 0 Å². The largest absolute Gasteiger partial charge is 0.336 e. The first-order chi connectivity index (χ1) is 9.81. The Morgan fingerprint density at radius 3 is 2.33 bits per heavy atom. The topological polar surface area (TPSA) is 77.0 Å². The van der Waals surface area contributed by atoms with Crippen molar-refractivity contribution in [3.05, 3.63) is 31.1 Å². The first kappa shape index (κ1) is 17.3. The lowest BCUT2D eigenvalue weighted by atomic mass is 9.96. The quantitative estimate of drug-likeness (QED) is 0.470. The van der Waals surface area contributed by atoms with Gasteiger partial charge < -0.3 is 10.7 Å². The summed E-state index contributed by atoms with van der Waals surface area (Å²) in [5.41, 5.74) is -0.192. The van der Waals surface area contributed by atoms with Gasteiger partial charge in [-0.3, -0.25) is 4.79 Å². The maximum absolute atomic E-state index is 12.1. The van der Waals surface area contributed by atoms with Crippen LogP contribution in [-0.4, -0.2) is 44.5 Å². The first-order valence-electron chi connectivity index (χ1n) is 6.64. The summed E-state index contributed by atoms with van der Waals surface area (Å²) in [6.07, 6.45) is 3.38. The molecule has 1 aromatic heterocycles. The molecule has 1 amide bonds. The van der Waals surface area contributed by atoms with Crippen molar-refractivity contribution in [1.82, 2.24) is 19.8 Å². The second-order valence-electron chi connectivity index (χ2n) is 5.59. The molecule has 0 unspecified atom stereocenters. The van der Waals surface area contributed by atoms with Crippen molar-refractivity contribution >= 4 is 17.7 Å². The Hall–Kier alpha value is -1.76. The molecule has 0 fully saturated rings. The monoisotopic (exact) mass is 309 g/mol. The predicted molar refractivity (Wildman–Crippen MR) is 86.6 cm³/mol. The van der Waals surface area contributed by atoms with Gasteiger partial charge in [0.25, 0.3) is 0 Å². The van der Waals surface area contributed by atoms with Crippen LogP contribution in [0, 0.1) is 0 Å². The highest BCUT2D eigenvalue weighted by molar-refractivity contribution is 7.99. The molecule has 0 aliphatic rings. The summed E-state index contributed by atoms with van der Waals surface area (Å²) in [6, 6.07) is 0. The van der Waals surface area contributed by atoms with E-state index in [-0.39, 0.29) is 17.1 Å². The van der Waals surface area contributed by atoms with E-state index in [9.17, 15) is 4.79 Å². The van der Waals surface area contributed by atoms with Gasteiger partial charge in [-0.1, -0.05) is 44.7 Å². The fourth-order valence-electron chi connectivity index (χ4n) is 1.69. The molecule has 0 atom stereocenters. The molecule has 0 spiro atoms. The number of nitrogens with zero attached hydrogens (tertiary/aromatic N) is 4. The maximum atomic E-state index is 12.1. The number of hydrogen-bond acceptors (Lipinski definition) is 5. The van der Waals surface area contributed by atoms with Gasteiger partial charge in [0.15, 0.2) is 5.82 Å². The summed E-state index contributed by atoms with van der Waals surface area (Å²) in [6.45, 7) is 14.3. The Morgan fingerprint density at radius 1 is 1.33 bits per heavy atom. The number of nitrogens with two attached hydrogens (primary N) is 1. The van der Waals surface area contributed by atoms with E-state index < -0.39 is 0 Å².